The Bertz CT molecular complexity index is 407. The van der Waals surface area contributed by atoms with E-state index in [0.717, 1.165) is 19.5 Å². The van der Waals surface area contributed by atoms with Crippen molar-refractivity contribution in [2.24, 2.45) is 11.1 Å². The van der Waals surface area contributed by atoms with Crippen molar-refractivity contribution < 1.29 is 4.39 Å². The molecule has 0 atom stereocenters. The molecule has 0 fully saturated rings. The molecule has 0 aliphatic heterocycles. The summed E-state index contributed by atoms with van der Waals surface area (Å²) in [6.45, 7) is 9.35. The van der Waals surface area contributed by atoms with Crippen LogP contribution in [0.15, 0.2) is 18.2 Å². The fourth-order valence-corrected chi connectivity index (χ4v) is 2.31. The lowest BCUT2D eigenvalue weighted by atomic mass is 9.93. The zero-order valence-corrected chi connectivity index (χ0v) is 12.8. The van der Waals surface area contributed by atoms with Gasteiger partial charge in [-0.05, 0) is 31.0 Å². The SMILES string of the molecule is CCCN(Cc1cccc(Cl)c1F)CC(C)(C)CN. The molecular weight excluding hydrogens is 263 g/mol. The number of benzene rings is 1. The summed E-state index contributed by atoms with van der Waals surface area (Å²) in [5.41, 5.74) is 6.46. The summed E-state index contributed by atoms with van der Waals surface area (Å²) in [5.74, 6) is -0.309. The lowest BCUT2D eigenvalue weighted by molar-refractivity contribution is 0.174. The number of nitrogens with zero attached hydrogens (tertiary/aromatic N) is 1. The molecule has 0 saturated carbocycles. The summed E-state index contributed by atoms with van der Waals surface area (Å²) in [6.07, 6.45) is 1.03. The topological polar surface area (TPSA) is 29.3 Å². The van der Waals surface area contributed by atoms with Crippen molar-refractivity contribution in [3.8, 4) is 0 Å². The summed E-state index contributed by atoms with van der Waals surface area (Å²) >= 11 is 5.82. The summed E-state index contributed by atoms with van der Waals surface area (Å²) in [7, 11) is 0. The van der Waals surface area contributed by atoms with Crippen molar-refractivity contribution >= 4 is 11.6 Å². The number of rotatable bonds is 7. The smallest absolute Gasteiger partial charge is 0.146 e. The fraction of sp³-hybridized carbons (Fsp3) is 0.600. The van der Waals surface area contributed by atoms with E-state index >= 15 is 0 Å². The summed E-state index contributed by atoms with van der Waals surface area (Å²) in [6, 6.07) is 5.16. The van der Waals surface area contributed by atoms with E-state index in [1.807, 2.05) is 0 Å². The van der Waals surface area contributed by atoms with E-state index in [0.29, 0.717) is 18.7 Å². The molecule has 0 spiro atoms. The van der Waals surface area contributed by atoms with E-state index < -0.39 is 0 Å². The molecule has 1 aromatic carbocycles. The monoisotopic (exact) mass is 286 g/mol. The first kappa shape index (κ1) is 16.4. The highest BCUT2D eigenvalue weighted by molar-refractivity contribution is 6.30. The van der Waals surface area contributed by atoms with Crippen LogP contribution < -0.4 is 5.73 Å². The third-order valence-corrected chi connectivity index (χ3v) is 3.46. The standard InChI is InChI=1S/C15H24ClFN2/c1-4-8-19(11-15(2,3)10-18)9-12-6-5-7-13(16)14(12)17/h5-7H,4,8-11,18H2,1-3H3. The van der Waals surface area contributed by atoms with E-state index in [1.54, 1.807) is 18.2 Å². The predicted octanol–water partition coefficient (Wildman–Crippen LogP) is 3.68. The van der Waals surface area contributed by atoms with Gasteiger partial charge in [0.2, 0.25) is 0 Å². The molecule has 2 N–H and O–H groups in total. The minimum absolute atomic E-state index is 0.0320. The van der Waals surface area contributed by atoms with Gasteiger partial charge in [-0.25, -0.2) is 4.39 Å². The second-order valence-electron chi connectivity index (χ2n) is 5.79. The van der Waals surface area contributed by atoms with Crippen LogP contribution in [-0.2, 0) is 6.54 Å². The van der Waals surface area contributed by atoms with Crippen LogP contribution in [0.3, 0.4) is 0 Å². The number of nitrogens with two attached hydrogens (primary N) is 1. The van der Waals surface area contributed by atoms with Gasteiger partial charge in [0, 0.05) is 18.7 Å². The average molecular weight is 287 g/mol. The fourth-order valence-electron chi connectivity index (χ4n) is 2.11. The summed E-state index contributed by atoms with van der Waals surface area (Å²) < 4.78 is 13.9. The van der Waals surface area contributed by atoms with Crippen molar-refractivity contribution in [2.45, 2.75) is 33.7 Å². The highest BCUT2D eigenvalue weighted by Gasteiger charge is 2.21. The first-order chi connectivity index (χ1) is 8.89. The Morgan fingerprint density at radius 2 is 2.05 bits per heavy atom. The first-order valence-corrected chi connectivity index (χ1v) is 7.12. The van der Waals surface area contributed by atoms with Crippen LogP contribution in [0.4, 0.5) is 4.39 Å². The lowest BCUT2D eigenvalue weighted by Crippen LogP contribution is -2.39. The Morgan fingerprint density at radius 1 is 1.37 bits per heavy atom. The van der Waals surface area contributed by atoms with E-state index in [2.05, 4.69) is 25.7 Å². The Labute approximate surface area is 120 Å². The predicted molar refractivity (Wildman–Crippen MR) is 79.8 cm³/mol. The molecule has 0 saturated heterocycles. The van der Waals surface area contributed by atoms with Crippen LogP contribution in [0.25, 0.3) is 0 Å². The maximum absolute atomic E-state index is 13.9. The van der Waals surface area contributed by atoms with Gasteiger partial charge in [0.15, 0.2) is 0 Å². The molecule has 2 nitrogen and oxygen atoms in total. The van der Waals surface area contributed by atoms with E-state index in [1.165, 1.54) is 0 Å². The normalized spacial score (nSPS) is 12.2. The van der Waals surface area contributed by atoms with Crippen molar-refractivity contribution in [3.63, 3.8) is 0 Å². The molecule has 0 aliphatic carbocycles. The van der Waals surface area contributed by atoms with Gasteiger partial charge < -0.3 is 5.73 Å². The molecule has 0 radical (unpaired) electrons. The average Bonchev–Trinajstić information content (AvgIpc) is 2.35. The molecule has 0 unspecified atom stereocenters. The van der Waals surface area contributed by atoms with Crippen molar-refractivity contribution in [2.75, 3.05) is 19.6 Å². The van der Waals surface area contributed by atoms with Crippen LogP contribution in [0, 0.1) is 11.2 Å². The van der Waals surface area contributed by atoms with E-state index in [4.69, 9.17) is 17.3 Å². The van der Waals surface area contributed by atoms with Gasteiger partial charge in [-0.15, -0.1) is 0 Å². The highest BCUT2D eigenvalue weighted by atomic mass is 35.5. The Hall–Kier alpha value is -0.640. The molecule has 19 heavy (non-hydrogen) atoms. The van der Waals surface area contributed by atoms with Crippen LogP contribution in [0.2, 0.25) is 5.02 Å². The Morgan fingerprint density at radius 3 is 2.63 bits per heavy atom. The van der Waals surface area contributed by atoms with Gasteiger partial charge in [-0.2, -0.15) is 0 Å². The Balaban J connectivity index is 2.81. The van der Waals surface area contributed by atoms with Gasteiger partial charge in [-0.1, -0.05) is 44.5 Å². The van der Waals surface area contributed by atoms with Gasteiger partial charge >= 0.3 is 0 Å². The van der Waals surface area contributed by atoms with Gasteiger partial charge in [-0.3, -0.25) is 4.90 Å². The van der Waals surface area contributed by atoms with Crippen molar-refractivity contribution in [1.82, 2.24) is 4.90 Å². The van der Waals surface area contributed by atoms with E-state index in [-0.39, 0.29) is 16.3 Å². The quantitative estimate of drug-likeness (QED) is 0.828. The minimum Gasteiger partial charge on any atom is -0.330 e. The first-order valence-electron chi connectivity index (χ1n) is 6.75. The number of hydrogen-bond donors (Lipinski definition) is 1. The molecule has 108 valence electrons. The molecule has 0 amide bonds. The van der Waals surface area contributed by atoms with Crippen molar-refractivity contribution in [3.05, 3.63) is 34.6 Å². The third-order valence-electron chi connectivity index (χ3n) is 3.17. The molecule has 1 aromatic rings. The third kappa shape index (κ3) is 5.09. The second kappa shape index (κ2) is 7.22. The summed E-state index contributed by atoms with van der Waals surface area (Å²) in [5, 5.41) is 0.187. The van der Waals surface area contributed by atoms with Crippen molar-refractivity contribution in [1.29, 1.82) is 0 Å². The lowest BCUT2D eigenvalue weighted by Gasteiger charge is -2.31. The molecular formula is C15H24ClFN2. The number of hydrogen-bond acceptors (Lipinski definition) is 2. The van der Waals surface area contributed by atoms with Gasteiger partial charge in [0.05, 0.1) is 5.02 Å². The van der Waals surface area contributed by atoms with Gasteiger partial charge in [0.25, 0.3) is 0 Å². The maximum Gasteiger partial charge on any atom is 0.146 e. The van der Waals surface area contributed by atoms with Crippen LogP contribution in [0.5, 0.6) is 0 Å². The molecule has 4 heteroatoms. The van der Waals surface area contributed by atoms with E-state index in [9.17, 15) is 4.39 Å². The van der Waals surface area contributed by atoms with Crippen LogP contribution in [0.1, 0.15) is 32.8 Å². The zero-order chi connectivity index (χ0) is 14.5. The maximum atomic E-state index is 13.9. The molecule has 1 rings (SSSR count). The minimum atomic E-state index is -0.309. The van der Waals surface area contributed by atoms with Gasteiger partial charge in [0.1, 0.15) is 5.82 Å². The van der Waals surface area contributed by atoms with Crippen LogP contribution >= 0.6 is 11.6 Å². The number of halogens is 2. The highest BCUT2D eigenvalue weighted by Crippen LogP contribution is 2.22. The Kier molecular flexibility index (Phi) is 6.24. The molecule has 0 bridgehead atoms. The molecule has 0 heterocycles. The summed E-state index contributed by atoms with van der Waals surface area (Å²) in [4.78, 5) is 2.24. The second-order valence-corrected chi connectivity index (χ2v) is 6.20. The molecule has 0 aromatic heterocycles. The molecule has 0 aliphatic rings. The largest absolute Gasteiger partial charge is 0.330 e. The zero-order valence-electron chi connectivity index (χ0n) is 12.0. The van der Waals surface area contributed by atoms with Crippen LogP contribution in [-0.4, -0.2) is 24.5 Å².